The summed E-state index contributed by atoms with van der Waals surface area (Å²) in [5.41, 5.74) is 0.995. The van der Waals surface area contributed by atoms with Gasteiger partial charge in [-0.15, -0.1) is 0 Å². The molecule has 16 heavy (non-hydrogen) atoms. The van der Waals surface area contributed by atoms with Crippen molar-refractivity contribution >= 4 is 39.6 Å². The molecule has 0 aliphatic carbocycles. The molecule has 1 aromatic heterocycles. The van der Waals surface area contributed by atoms with Crippen LogP contribution in [0.2, 0.25) is 5.02 Å². The van der Waals surface area contributed by atoms with Crippen LogP contribution in [0.15, 0.2) is 52.1 Å². The third-order valence-corrected chi connectivity index (χ3v) is 2.65. The van der Waals surface area contributed by atoms with Crippen molar-refractivity contribution in [2.45, 2.75) is 0 Å². The summed E-state index contributed by atoms with van der Waals surface area (Å²) in [5, 5.41) is 0.721. The Bertz CT molecular complexity index is 444. The topological polar surface area (TPSA) is 25.2 Å². The Morgan fingerprint density at radius 1 is 1.12 bits per heavy atom. The van der Waals surface area contributed by atoms with Gasteiger partial charge in [0.1, 0.15) is 0 Å². The fourth-order valence-corrected chi connectivity index (χ4v) is 1.49. The molecule has 0 aliphatic heterocycles. The number of pyridine rings is 1. The lowest BCUT2D eigenvalue weighted by Gasteiger charge is -1.94. The van der Waals surface area contributed by atoms with Gasteiger partial charge in [0.15, 0.2) is 5.82 Å². The summed E-state index contributed by atoms with van der Waals surface area (Å²) < 4.78 is 0.943. The normalized spacial score (nSPS) is 10.9. The second kappa shape index (κ2) is 5.23. The number of hydrogen-bond donors (Lipinski definition) is 0. The van der Waals surface area contributed by atoms with E-state index in [0.717, 1.165) is 15.1 Å². The van der Waals surface area contributed by atoms with E-state index in [1.54, 1.807) is 12.4 Å². The standard InChI is InChI=1S/C12H8BrClN2/c13-10-3-6-12(16-8-10)15-7-9-1-4-11(14)5-2-9/h1-8H/b15-7+. The van der Waals surface area contributed by atoms with E-state index in [4.69, 9.17) is 11.6 Å². The molecule has 0 fully saturated rings. The Kier molecular flexibility index (Phi) is 3.70. The Morgan fingerprint density at radius 2 is 1.88 bits per heavy atom. The number of hydrogen-bond acceptors (Lipinski definition) is 2. The van der Waals surface area contributed by atoms with Crippen molar-refractivity contribution in [3.05, 3.63) is 57.7 Å². The minimum Gasteiger partial charge on any atom is -0.237 e. The van der Waals surface area contributed by atoms with Gasteiger partial charge in [0, 0.05) is 21.9 Å². The molecule has 0 N–H and O–H groups in total. The van der Waals surface area contributed by atoms with Crippen LogP contribution < -0.4 is 0 Å². The van der Waals surface area contributed by atoms with Crippen molar-refractivity contribution in [2.24, 2.45) is 4.99 Å². The predicted octanol–water partition coefficient (Wildman–Crippen LogP) is 4.25. The predicted molar refractivity (Wildman–Crippen MR) is 70.6 cm³/mol. The van der Waals surface area contributed by atoms with Crippen molar-refractivity contribution < 1.29 is 0 Å². The molecule has 2 aromatic rings. The number of benzene rings is 1. The highest BCUT2D eigenvalue weighted by atomic mass is 79.9. The maximum absolute atomic E-state index is 5.78. The number of aromatic nitrogens is 1. The molecular weight excluding hydrogens is 288 g/mol. The van der Waals surface area contributed by atoms with E-state index in [9.17, 15) is 0 Å². The summed E-state index contributed by atoms with van der Waals surface area (Å²) in [7, 11) is 0. The SMILES string of the molecule is Clc1ccc(/C=N/c2ccc(Br)cn2)cc1. The summed E-state index contributed by atoms with van der Waals surface area (Å²) >= 11 is 9.10. The molecule has 2 rings (SSSR count). The van der Waals surface area contributed by atoms with E-state index >= 15 is 0 Å². The molecule has 0 saturated carbocycles. The van der Waals surface area contributed by atoms with Gasteiger partial charge in [-0.25, -0.2) is 9.98 Å². The third kappa shape index (κ3) is 3.15. The summed E-state index contributed by atoms with van der Waals surface area (Å²) in [6, 6.07) is 11.2. The summed E-state index contributed by atoms with van der Waals surface area (Å²) in [5.74, 6) is 0.679. The van der Waals surface area contributed by atoms with Crippen molar-refractivity contribution in [1.82, 2.24) is 4.98 Å². The van der Waals surface area contributed by atoms with Gasteiger partial charge in [0.2, 0.25) is 0 Å². The zero-order chi connectivity index (χ0) is 11.4. The van der Waals surface area contributed by atoms with E-state index in [0.29, 0.717) is 5.82 Å². The summed E-state index contributed by atoms with van der Waals surface area (Å²) in [6.07, 6.45) is 3.47. The lowest BCUT2D eigenvalue weighted by atomic mass is 10.2. The molecule has 2 nitrogen and oxygen atoms in total. The molecule has 80 valence electrons. The highest BCUT2D eigenvalue weighted by molar-refractivity contribution is 9.10. The summed E-state index contributed by atoms with van der Waals surface area (Å²) in [6.45, 7) is 0. The second-order valence-electron chi connectivity index (χ2n) is 3.14. The van der Waals surface area contributed by atoms with Crippen LogP contribution in [0, 0.1) is 0 Å². The van der Waals surface area contributed by atoms with Crippen molar-refractivity contribution in [2.75, 3.05) is 0 Å². The van der Waals surface area contributed by atoms with Crippen LogP contribution in [0.4, 0.5) is 5.82 Å². The molecular formula is C12H8BrClN2. The van der Waals surface area contributed by atoms with Gasteiger partial charge in [-0.05, 0) is 45.8 Å². The molecule has 0 amide bonds. The average Bonchev–Trinajstić information content (AvgIpc) is 2.30. The first-order chi connectivity index (χ1) is 7.74. The van der Waals surface area contributed by atoms with Gasteiger partial charge in [0.05, 0.1) is 0 Å². The highest BCUT2D eigenvalue weighted by Crippen LogP contribution is 2.13. The fourth-order valence-electron chi connectivity index (χ4n) is 1.13. The zero-order valence-corrected chi connectivity index (χ0v) is 10.6. The molecule has 0 aliphatic rings. The molecule has 0 saturated heterocycles. The smallest absolute Gasteiger partial charge is 0.151 e. The van der Waals surface area contributed by atoms with Crippen LogP contribution in [0.3, 0.4) is 0 Å². The maximum Gasteiger partial charge on any atom is 0.151 e. The van der Waals surface area contributed by atoms with E-state index in [1.165, 1.54) is 0 Å². The second-order valence-corrected chi connectivity index (χ2v) is 4.50. The third-order valence-electron chi connectivity index (χ3n) is 1.93. The van der Waals surface area contributed by atoms with E-state index in [2.05, 4.69) is 25.9 Å². The molecule has 0 radical (unpaired) electrons. The van der Waals surface area contributed by atoms with Crippen molar-refractivity contribution in [1.29, 1.82) is 0 Å². The number of halogens is 2. The van der Waals surface area contributed by atoms with Crippen LogP contribution in [0.25, 0.3) is 0 Å². The molecule has 0 spiro atoms. The van der Waals surface area contributed by atoms with E-state index in [1.807, 2.05) is 36.4 Å². The molecule has 0 bridgehead atoms. The zero-order valence-electron chi connectivity index (χ0n) is 8.27. The Balaban J connectivity index is 2.15. The first kappa shape index (κ1) is 11.3. The largest absolute Gasteiger partial charge is 0.237 e. The average molecular weight is 296 g/mol. The van der Waals surface area contributed by atoms with Crippen LogP contribution in [-0.2, 0) is 0 Å². The first-order valence-corrected chi connectivity index (χ1v) is 5.82. The maximum atomic E-state index is 5.78. The minimum atomic E-state index is 0.679. The van der Waals surface area contributed by atoms with Crippen LogP contribution in [0.1, 0.15) is 5.56 Å². The number of aliphatic imine (C=N–C) groups is 1. The Labute approximate surface area is 107 Å². The Hall–Kier alpha value is -1.19. The lowest BCUT2D eigenvalue weighted by Crippen LogP contribution is -1.80. The Morgan fingerprint density at radius 3 is 2.50 bits per heavy atom. The van der Waals surface area contributed by atoms with Gasteiger partial charge in [-0.3, -0.25) is 0 Å². The van der Waals surface area contributed by atoms with Crippen LogP contribution >= 0.6 is 27.5 Å². The number of nitrogens with zero attached hydrogens (tertiary/aromatic N) is 2. The van der Waals surface area contributed by atoms with Gasteiger partial charge >= 0.3 is 0 Å². The first-order valence-electron chi connectivity index (χ1n) is 4.65. The quantitative estimate of drug-likeness (QED) is 0.760. The van der Waals surface area contributed by atoms with Gasteiger partial charge in [0.25, 0.3) is 0 Å². The minimum absolute atomic E-state index is 0.679. The van der Waals surface area contributed by atoms with Gasteiger partial charge in [-0.1, -0.05) is 23.7 Å². The molecule has 4 heteroatoms. The van der Waals surface area contributed by atoms with E-state index in [-0.39, 0.29) is 0 Å². The van der Waals surface area contributed by atoms with Gasteiger partial charge in [-0.2, -0.15) is 0 Å². The lowest BCUT2D eigenvalue weighted by molar-refractivity contribution is 1.26. The highest BCUT2D eigenvalue weighted by Gasteiger charge is 1.91. The van der Waals surface area contributed by atoms with Gasteiger partial charge < -0.3 is 0 Å². The summed E-state index contributed by atoms with van der Waals surface area (Å²) in [4.78, 5) is 8.39. The van der Waals surface area contributed by atoms with E-state index < -0.39 is 0 Å². The van der Waals surface area contributed by atoms with Crippen molar-refractivity contribution in [3.8, 4) is 0 Å². The van der Waals surface area contributed by atoms with Crippen molar-refractivity contribution in [3.63, 3.8) is 0 Å². The monoisotopic (exact) mass is 294 g/mol. The molecule has 0 unspecified atom stereocenters. The number of rotatable bonds is 2. The fraction of sp³-hybridized carbons (Fsp3) is 0. The molecule has 1 heterocycles. The molecule has 1 aromatic carbocycles. The van der Waals surface area contributed by atoms with Crippen LogP contribution in [0.5, 0.6) is 0 Å². The molecule has 0 atom stereocenters. The van der Waals surface area contributed by atoms with Crippen LogP contribution in [-0.4, -0.2) is 11.2 Å².